The highest BCUT2D eigenvalue weighted by Crippen LogP contribution is 2.30. The molecule has 0 saturated heterocycles. The lowest BCUT2D eigenvalue weighted by Gasteiger charge is -2.20. The summed E-state index contributed by atoms with van der Waals surface area (Å²) in [4.78, 5) is 12.2. The zero-order chi connectivity index (χ0) is 13.0. The molecule has 1 saturated carbocycles. The van der Waals surface area contributed by atoms with Gasteiger partial charge in [0.2, 0.25) is 5.91 Å². The van der Waals surface area contributed by atoms with Gasteiger partial charge in [-0.15, -0.1) is 24.8 Å². The summed E-state index contributed by atoms with van der Waals surface area (Å²) >= 11 is 0. The van der Waals surface area contributed by atoms with E-state index in [0.717, 1.165) is 19.3 Å². The zero-order valence-corrected chi connectivity index (χ0v) is 13.3. The molecule has 2 rings (SSSR count). The van der Waals surface area contributed by atoms with Gasteiger partial charge in [0, 0.05) is 24.4 Å². The normalized spacial score (nSPS) is 22.5. The van der Waals surface area contributed by atoms with Gasteiger partial charge in [-0.25, -0.2) is 0 Å². The number of hydrogen-bond acceptors (Lipinski definition) is 3. The predicted octanol–water partition coefficient (Wildman–Crippen LogP) is 1.61. The summed E-state index contributed by atoms with van der Waals surface area (Å²) in [6, 6.07) is 1.98. The van der Waals surface area contributed by atoms with E-state index in [2.05, 4.69) is 10.4 Å². The minimum Gasteiger partial charge on any atom is -0.352 e. The van der Waals surface area contributed by atoms with Crippen molar-refractivity contribution in [2.24, 2.45) is 17.6 Å². The molecule has 20 heavy (non-hydrogen) atoms. The number of nitrogens with one attached hydrogen (secondary N) is 1. The first-order valence-electron chi connectivity index (χ1n) is 6.68. The van der Waals surface area contributed by atoms with Gasteiger partial charge < -0.3 is 11.1 Å². The van der Waals surface area contributed by atoms with E-state index in [1.54, 1.807) is 6.20 Å². The molecule has 0 radical (unpaired) electrons. The molecule has 1 aliphatic rings. The first-order valence-corrected chi connectivity index (χ1v) is 6.68. The topological polar surface area (TPSA) is 72.9 Å². The molecular formula is C13H24Cl2N4O. The Labute approximate surface area is 132 Å². The predicted molar refractivity (Wildman–Crippen MR) is 84.2 cm³/mol. The van der Waals surface area contributed by atoms with E-state index in [0.29, 0.717) is 19.0 Å². The Morgan fingerprint density at radius 1 is 1.50 bits per heavy atom. The van der Waals surface area contributed by atoms with E-state index in [1.807, 2.05) is 23.9 Å². The van der Waals surface area contributed by atoms with Crippen LogP contribution in [0.1, 0.15) is 26.2 Å². The minimum absolute atomic E-state index is 0. The number of carbonyl (C=O) groups is 1. The number of hydrogen-bond donors (Lipinski definition) is 2. The summed E-state index contributed by atoms with van der Waals surface area (Å²) in [5, 5.41) is 7.21. The summed E-state index contributed by atoms with van der Waals surface area (Å²) in [5.41, 5.74) is 5.71. The van der Waals surface area contributed by atoms with Crippen molar-refractivity contribution in [3.05, 3.63) is 18.5 Å². The van der Waals surface area contributed by atoms with E-state index in [-0.39, 0.29) is 42.7 Å². The molecule has 0 aliphatic heterocycles. The quantitative estimate of drug-likeness (QED) is 0.864. The molecule has 3 N–H and O–H groups in total. The van der Waals surface area contributed by atoms with Crippen molar-refractivity contribution >= 4 is 30.7 Å². The van der Waals surface area contributed by atoms with Crippen molar-refractivity contribution < 1.29 is 4.79 Å². The van der Waals surface area contributed by atoms with Gasteiger partial charge in [0.25, 0.3) is 0 Å². The van der Waals surface area contributed by atoms with Crippen LogP contribution in [0.3, 0.4) is 0 Å². The van der Waals surface area contributed by atoms with Crippen LogP contribution in [0, 0.1) is 11.8 Å². The number of nitrogens with zero attached hydrogens (tertiary/aromatic N) is 2. The van der Waals surface area contributed by atoms with E-state index < -0.39 is 0 Å². The maximum absolute atomic E-state index is 12.2. The van der Waals surface area contributed by atoms with Crippen LogP contribution in [0.25, 0.3) is 0 Å². The number of halogens is 2. The van der Waals surface area contributed by atoms with Crippen molar-refractivity contribution in [1.29, 1.82) is 0 Å². The van der Waals surface area contributed by atoms with E-state index in [9.17, 15) is 4.79 Å². The zero-order valence-electron chi connectivity index (χ0n) is 11.7. The Morgan fingerprint density at radius 3 is 2.85 bits per heavy atom. The van der Waals surface area contributed by atoms with Crippen LogP contribution in [-0.2, 0) is 11.3 Å². The van der Waals surface area contributed by atoms with Crippen LogP contribution >= 0.6 is 24.8 Å². The number of aromatic nitrogens is 2. The van der Waals surface area contributed by atoms with Crippen molar-refractivity contribution in [2.75, 3.05) is 6.54 Å². The fourth-order valence-electron chi connectivity index (χ4n) is 2.75. The van der Waals surface area contributed by atoms with Crippen LogP contribution in [0.5, 0.6) is 0 Å². The van der Waals surface area contributed by atoms with Crippen molar-refractivity contribution in [2.45, 2.75) is 38.8 Å². The maximum Gasteiger partial charge on any atom is 0.223 e. The van der Waals surface area contributed by atoms with Crippen molar-refractivity contribution in [3.8, 4) is 0 Å². The molecule has 116 valence electrons. The number of carbonyl (C=O) groups excluding carboxylic acids is 1. The van der Waals surface area contributed by atoms with Crippen LogP contribution in [-0.4, -0.2) is 28.3 Å². The third-order valence-corrected chi connectivity index (χ3v) is 3.71. The first-order chi connectivity index (χ1) is 8.70. The van der Waals surface area contributed by atoms with E-state index in [4.69, 9.17) is 5.73 Å². The molecular weight excluding hydrogens is 299 g/mol. The highest BCUT2D eigenvalue weighted by molar-refractivity contribution is 5.85. The van der Waals surface area contributed by atoms with Crippen LogP contribution in [0.15, 0.2) is 18.5 Å². The van der Waals surface area contributed by atoms with Crippen LogP contribution in [0.2, 0.25) is 0 Å². The average Bonchev–Trinajstić information content (AvgIpc) is 2.97. The van der Waals surface area contributed by atoms with Gasteiger partial charge in [-0.2, -0.15) is 5.10 Å². The van der Waals surface area contributed by atoms with E-state index >= 15 is 0 Å². The lowest BCUT2D eigenvalue weighted by Crippen LogP contribution is -2.41. The number of amides is 1. The van der Waals surface area contributed by atoms with Crippen molar-refractivity contribution in [3.63, 3.8) is 0 Å². The van der Waals surface area contributed by atoms with Gasteiger partial charge in [0.15, 0.2) is 0 Å². The first kappa shape index (κ1) is 19.2. The van der Waals surface area contributed by atoms with Crippen LogP contribution < -0.4 is 11.1 Å². The van der Waals surface area contributed by atoms with Crippen LogP contribution in [0.4, 0.5) is 0 Å². The number of rotatable bonds is 5. The van der Waals surface area contributed by atoms with Gasteiger partial charge in [-0.1, -0.05) is 6.42 Å². The molecule has 1 aliphatic carbocycles. The monoisotopic (exact) mass is 322 g/mol. The maximum atomic E-state index is 12.2. The fraction of sp³-hybridized carbons (Fsp3) is 0.692. The van der Waals surface area contributed by atoms with Gasteiger partial charge in [0.1, 0.15) is 0 Å². The second-order valence-corrected chi connectivity index (χ2v) is 5.17. The third kappa shape index (κ3) is 4.96. The Kier molecular flexibility index (Phi) is 8.85. The lowest BCUT2D eigenvalue weighted by atomic mass is 9.95. The summed E-state index contributed by atoms with van der Waals surface area (Å²) in [5.74, 6) is 0.625. The van der Waals surface area contributed by atoms with E-state index in [1.165, 1.54) is 0 Å². The van der Waals surface area contributed by atoms with Gasteiger partial charge in [0.05, 0.1) is 6.54 Å². The molecule has 1 aromatic heterocycles. The lowest BCUT2D eigenvalue weighted by molar-refractivity contribution is -0.126. The van der Waals surface area contributed by atoms with Gasteiger partial charge in [-0.05, 0) is 38.3 Å². The smallest absolute Gasteiger partial charge is 0.223 e. The molecule has 1 heterocycles. The largest absolute Gasteiger partial charge is 0.352 e. The SMILES string of the molecule is CC(Cn1cccn1)NC(=O)[C@@H]1CCC[C@@H]1CN.Cl.Cl. The highest BCUT2D eigenvalue weighted by Gasteiger charge is 2.32. The minimum atomic E-state index is 0. The number of nitrogens with two attached hydrogens (primary N) is 1. The molecule has 0 bridgehead atoms. The summed E-state index contributed by atoms with van der Waals surface area (Å²) in [6.07, 6.45) is 6.83. The average molecular weight is 323 g/mol. The van der Waals surface area contributed by atoms with Crippen molar-refractivity contribution in [1.82, 2.24) is 15.1 Å². The molecule has 3 atom stereocenters. The molecule has 7 heteroatoms. The molecule has 1 fully saturated rings. The summed E-state index contributed by atoms with van der Waals surface area (Å²) in [6.45, 7) is 3.33. The summed E-state index contributed by atoms with van der Waals surface area (Å²) in [7, 11) is 0. The Morgan fingerprint density at radius 2 is 2.25 bits per heavy atom. The fourth-order valence-corrected chi connectivity index (χ4v) is 2.75. The standard InChI is InChI=1S/C13H22N4O.2ClH/c1-10(9-17-7-3-6-15-17)16-13(18)12-5-2-4-11(12)8-14;;/h3,6-7,10-12H,2,4-5,8-9,14H2,1H3,(H,16,18);2*1H/t10?,11-,12-;;/m1../s1. The molecule has 1 amide bonds. The Hall–Kier alpha value is -0.780. The Bertz CT molecular complexity index is 386. The highest BCUT2D eigenvalue weighted by atomic mass is 35.5. The molecule has 0 aromatic carbocycles. The molecule has 1 aromatic rings. The Balaban J connectivity index is 0.00000180. The third-order valence-electron chi connectivity index (χ3n) is 3.71. The second-order valence-electron chi connectivity index (χ2n) is 5.17. The molecule has 5 nitrogen and oxygen atoms in total. The second kappa shape index (κ2) is 9.21. The molecule has 1 unspecified atom stereocenters. The van der Waals surface area contributed by atoms with Gasteiger partial charge in [-0.3, -0.25) is 9.48 Å². The van der Waals surface area contributed by atoms with Gasteiger partial charge >= 0.3 is 0 Å². The summed E-state index contributed by atoms with van der Waals surface area (Å²) < 4.78 is 1.83. The molecule has 0 spiro atoms.